The highest BCUT2D eigenvalue weighted by atomic mass is 28.3. The van der Waals surface area contributed by atoms with Crippen LogP contribution in [0.1, 0.15) is 43.0 Å². The Bertz CT molecular complexity index is 2210. The van der Waals surface area contributed by atoms with E-state index in [1.165, 1.54) is 18.2 Å². The Kier molecular flexibility index (Phi) is 13.1. The number of hydrogen-bond acceptors (Lipinski definition) is 8. The Morgan fingerprint density at radius 1 is 0.661 bits per heavy atom. The van der Waals surface area contributed by atoms with Gasteiger partial charge in [0, 0.05) is 52.9 Å². The summed E-state index contributed by atoms with van der Waals surface area (Å²) in [5.41, 5.74) is 15.2. The molecule has 0 radical (unpaired) electrons. The predicted molar refractivity (Wildman–Crippen MR) is 229 cm³/mol. The van der Waals surface area contributed by atoms with Gasteiger partial charge in [0.15, 0.2) is 0 Å². The second-order valence-electron chi connectivity index (χ2n) is 16.9. The van der Waals surface area contributed by atoms with Gasteiger partial charge in [-0.3, -0.25) is 4.79 Å². The minimum absolute atomic E-state index is 0.194. The number of ether oxygens (including phenoxy) is 2. The molecule has 0 unspecified atom stereocenters. The average Bonchev–Trinajstić information content (AvgIpc) is 3.68. The van der Waals surface area contributed by atoms with E-state index in [9.17, 15) is 14.7 Å². The normalized spacial score (nSPS) is 11.9. The topological polar surface area (TPSA) is 160 Å². The molecule has 0 fully saturated rings. The lowest BCUT2D eigenvalue weighted by Crippen LogP contribution is -2.22. The van der Waals surface area contributed by atoms with Gasteiger partial charge in [-0.25, -0.2) is 24.7 Å². The number of amides is 1. The van der Waals surface area contributed by atoms with Crippen molar-refractivity contribution in [3.63, 3.8) is 0 Å². The van der Waals surface area contributed by atoms with E-state index in [4.69, 9.17) is 15.2 Å². The lowest BCUT2D eigenvalue weighted by Gasteiger charge is -2.15. The van der Waals surface area contributed by atoms with Crippen molar-refractivity contribution in [1.82, 2.24) is 29.1 Å². The summed E-state index contributed by atoms with van der Waals surface area (Å²) in [5, 5.41) is 11.0. The maximum Gasteiger partial charge on any atom is 0.338 e. The number of nitrogens with zero attached hydrogens (tertiary/aromatic N) is 6. The van der Waals surface area contributed by atoms with Crippen LogP contribution in [0.5, 0.6) is 0 Å². The first kappa shape index (κ1) is 42.1. The fourth-order valence-electron chi connectivity index (χ4n) is 6.44. The number of carboxylic acids is 1. The molecule has 0 spiro atoms. The minimum atomic E-state index is -1.18. The first-order valence-corrected chi connectivity index (χ1v) is 26.3. The van der Waals surface area contributed by atoms with Gasteiger partial charge in [-0.15, -0.1) is 0 Å². The van der Waals surface area contributed by atoms with E-state index >= 15 is 0 Å². The zero-order valence-corrected chi connectivity index (χ0v) is 36.4. The number of benzene rings is 2. The molecule has 0 saturated heterocycles. The summed E-state index contributed by atoms with van der Waals surface area (Å²) in [5.74, 6) is -1.49. The van der Waals surface area contributed by atoms with Crippen molar-refractivity contribution < 1.29 is 24.2 Å². The van der Waals surface area contributed by atoms with Gasteiger partial charge in [0.2, 0.25) is 0 Å². The molecule has 0 aliphatic heterocycles. The molecule has 4 aromatic heterocycles. The van der Waals surface area contributed by atoms with Crippen LogP contribution in [0.4, 0.5) is 0 Å². The van der Waals surface area contributed by atoms with Crippen LogP contribution >= 0.6 is 0 Å². The first-order valence-electron chi connectivity index (χ1n) is 18.9. The van der Waals surface area contributed by atoms with Gasteiger partial charge in [0.05, 0.1) is 33.3 Å². The van der Waals surface area contributed by atoms with Gasteiger partial charge in [0.1, 0.15) is 37.4 Å². The number of aromatic nitrogens is 6. The predicted octanol–water partition coefficient (Wildman–Crippen LogP) is 8.85. The molecule has 296 valence electrons. The number of aryl methyl sites for hydroxylation is 4. The fraction of sp³-hybridized carbons (Fsp3) is 0.381. The Morgan fingerprint density at radius 3 is 1.45 bits per heavy atom. The lowest BCUT2D eigenvalue weighted by molar-refractivity contribution is 0.0695. The standard InChI is InChI=1S/C21H28N4O2Si.C21H27N3O3Si/c1-14-6-7-16(15(2)10-14)19-18-17(20(22)26)11-25(21(18)24-12-23-19)13-27-8-9-28(3,4)5;1-14-6-7-16(15(2)10-14)19-18-17(21(25)26)11-24(20(18)23-12-22-19)13-27-8-9-28(3,4)5/h6-7,10-12H,8-9,13H2,1-5H3,(H2,22,26);6-7,10-12H,8-9,13H2,1-5H3,(H,25,26). The van der Waals surface area contributed by atoms with E-state index in [1.54, 1.807) is 17.0 Å². The third kappa shape index (κ3) is 10.2. The molecule has 4 heterocycles. The Labute approximate surface area is 331 Å². The van der Waals surface area contributed by atoms with Crippen molar-refractivity contribution in [2.45, 2.75) is 92.5 Å². The van der Waals surface area contributed by atoms with E-state index in [0.717, 1.165) is 45.6 Å². The molecule has 0 atom stereocenters. The van der Waals surface area contributed by atoms with Crippen LogP contribution in [0.25, 0.3) is 44.6 Å². The molecule has 6 rings (SSSR count). The van der Waals surface area contributed by atoms with E-state index < -0.39 is 28.0 Å². The number of hydrogen-bond donors (Lipinski definition) is 2. The third-order valence-electron chi connectivity index (χ3n) is 9.53. The van der Waals surface area contributed by atoms with Crippen molar-refractivity contribution in [3.8, 4) is 22.5 Å². The quantitative estimate of drug-likeness (QED) is 0.0811. The van der Waals surface area contributed by atoms with Crippen LogP contribution in [0, 0.1) is 27.7 Å². The summed E-state index contributed by atoms with van der Waals surface area (Å²) in [6.45, 7) is 23.9. The van der Waals surface area contributed by atoms with Crippen LogP contribution in [0.3, 0.4) is 0 Å². The first-order chi connectivity index (χ1) is 26.3. The molecular weight excluding hydrogens is 739 g/mol. The summed E-state index contributed by atoms with van der Waals surface area (Å²) in [6, 6.07) is 14.4. The number of carboxylic acid groups (broad SMARTS) is 1. The Balaban J connectivity index is 0.000000214. The van der Waals surface area contributed by atoms with Gasteiger partial charge in [-0.2, -0.15) is 0 Å². The molecule has 0 aliphatic carbocycles. The molecule has 0 saturated carbocycles. The third-order valence-corrected chi connectivity index (χ3v) is 12.9. The molecule has 0 aliphatic rings. The summed E-state index contributed by atoms with van der Waals surface area (Å²) in [6.07, 6.45) is 6.34. The lowest BCUT2D eigenvalue weighted by atomic mass is 10.00. The summed E-state index contributed by atoms with van der Waals surface area (Å²) >= 11 is 0. The number of rotatable bonds is 14. The molecule has 1 amide bonds. The molecule has 6 aromatic rings. The monoisotopic (exact) mass is 793 g/mol. The van der Waals surface area contributed by atoms with Crippen LogP contribution in [-0.2, 0) is 22.9 Å². The summed E-state index contributed by atoms with van der Waals surface area (Å²) < 4.78 is 15.3. The number of aromatic carboxylic acids is 1. The Hall–Kier alpha value is -5.03. The van der Waals surface area contributed by atoms with Crippen molar-refractivity contribution >= 4 is 50.1 Å². The van der Waals surface area contributed by atoms with E-state index in [2.05, 4.69) is 78.3 Å². The number of carbonyl (C=O) groups excluding carboxylic acids is 1. The highest BCUT2D eigenvalue weighted by Crippen LogP contribution is 2.33. The number of carbonyl (C=O) groups is 2. The average molecular weight is 794 g/mol. The van der Waals surface area contributed by atoms with Gasteiger partial charge < -0.3 is 29.4 Å². The van der Waals surface area contributed by atoms with Crippen LogP contribution in [0.2, 0.25) is 51.4 Å². The fourth-order valence-corrected chi connectivity index (χ4v) is 7.96. The molecule has 0 bridgehead atoms. The molecule has 14 heteroatoms. The SMILES string of the molecule is Cc1ccc(-c2ncnc3c2c(C(=O)O)cn3COCC[Si](C)(C)C)c(C)c1.Cc1ccc(-c2ncnc3c2c(C(N)=O)cn3COCC[Si](C)(C)C)c(C)c1. The second-order valence-corrected chi connectivity index (χ2v) is 28.1. The zero-order valence-electron chi connectivity index (χ0n) is 34.4. The van der Waals surface area contributed by atoms with E-state index in [0.29, 0.717) is 53.3 Å². The maximum absolute atomic E-state index is 12.1. The number of primary amides is 1. The molecule has 56 heavy (non-hydrogen) atoms. The zero-order chi connectivity index (χ0) is 40.9. The van der Waals surface area contributed by atoms with Crippen molar-refractivity contribution in [2.75, 3.05) is 13.2 Å². The van der Waals surface area contributed by atoms with Crippen molar-refractivity contribution in [2.24, 2.45) is 5.73 Å². The molecule has 3 N–H and O–H groups in total. The van der Waals surface area contributed by atoms with Crippen molar-refractivity contribution in [1.29, 1.82) is 0 Å². The smallest absolute Gasteiger partial charge is 0.338 e. The maximum atomic E-state index is 12.1. The molecule has 2 aromatic carbocycles. The van der Waals surface area contributed by atoms with Crippen LogP contribution in [-0.4, -0.2) is 75.4 Å². The number of nitrogens with two attached hydrogens (primary N) is 1. The summed E-state index contributed by atoms with van der Waals surface area (Å²) in [7, 11) is -2.34. The van der Waals surface area contributed by atoms with Gasteiger partial charge in [-0.05, 0) is 50.9 Å². The van der Waals surface area contributed by atoms with Crippen molar-refractivity contribution in [3.05, 3.63) is 94.8 Å². The molecule has 12 nitrogen and oxygen atoms in total. The highest BCUT2D eigenvalue weighted by molar-refractivity contribution is 6.76. The van der Waals surface area contributed by atoms with E-state index in [-0.39, 0.29) is 12.3 Å². The highest BCUT2D eigenvalue weighted by Gasteiger charge is 2.23. The summed E-state index contributed by atoms with van der Waals surface area (Å²) in [4.78, 5) is 41.7. The van der Waals surface area contributed by atoms with Crippen LogP contribution < -0.4 is 5.73 Å². The molecular formula is C42H55N7O5Si2. The van der Waals surface area contributed by atoms with E-state index in [1.807, 2.05) is 49.6 Å². The Morgan fingerprint density at radius 2 is 1.07 bits per heavy atom. The van der Waals surface area contributed by atoms with Crippen LogP contribution in [0.15, 0.2) is 61.4 Å². The largest absolute Gasteiger partial charge is 0.478 e. The second kappa shape index (κ2) is 17.4. The van der Waals surface area contributed by atoms with Gasteiger partial charge in [0.25, 0.3) is 5.91 Å². The van der Waals surface area contributed by atoms with Gasteiger partial charge in [-0.1, -0.05) is 86.8 Å². The minimum Gasteiger partial charge on any atom is -0.478 e. The van der Waals surface area contributed by atoms with Gasteiger partial charge >= 0.3 is 5.97 Å². The number of fused-ring (bicyclic) bond motifs is 2.